The summed E-state index contributed by atoms with van der Waals surface area (Å²) < 4.78 is 0. The monoisotopic (exact) mass is 384 g/mol. The summed E-state index contributed by atoms with van der Waals surface area (Å²) in [5.74, 6) is -0.0484. The van der Waals surface area contributed by atoms with Crippen molar-refractivity contribution in [3.05, 3.63) is 68.8 Å². The Morgan fingerprint density at radius 2 is 1.79 bits per heavy atom. The molecule has 0 amide bonds. The highest BCUT2D eigenvalue weighted by Crippen LogP contribution is 2.21. The summed E-state index contributed by atoms with van der Waals surface area (Å²) in [7, 11) is 0. The highest BCUT2D eigenvalue weighted by molar-refractivity contribution is 5.90. The molecule has 0 saturated heterocycles. The van der Waals surface area contributed by atoms with Gasteiger partial charge in [-0.3, -0.25) is 19.9 Å². The number of aromatic hydroxyl groups is 1. The quantitative estimate of drug-likeness (QED) is 0.180. The smallest absolute Gasteiger partial charge is 0.269 e. The average molecular weight is 384 g/mol. The lowest BCUT2D eigenvalue weighted by Gasteiger charge is -2.06. The van der Waals surface area contributed by atoms with E-state index in [9.17, 15) is 20.0 Å². The number of nitro groups is 1. The molecule has 2 aromatic rings. The lowest BCUT2D eigenvalue weighted by molar-refractivity contribution is -0.384. The zero-order chi connectivity index (χ0) is 20.4. The first kappa shape index (κ1) is 21.2. The van der Waals surface area contributed by atoms with E-state index in [1.807, 2.05) is 6.92 Å². The molecule has 0 radical (unpaired) electrons. The van der Waals surface area contributed by atoms with E-state index in [1.165, 1.54) is 12.1 Å². The number of phenols is 1. The third kappa shape index (κ3) is 6.57. The number of nitro benzene ring substituents is 1. The predicted octanol–water partition coefficient (Wildman–Crippen LogP) is 2.22. The number of rotatable bonds is 11. The molecule has 0 bridgehead atoms. The van der Waals surface area contributed by atoms with Crippen LogP contribution in [0.1, 0.15) is 27.0 Å². The Balaban J connectivity index is 1.62. The van der Waals surface area contributed by atoms with Crippen molar-refractivity contribution in [3.8, 4) is 5.75 Å². The maximum Gasteiger partial charge on any atom is 0.269 e. The summed E-state index contributed by atoms with van der Waals surface area (Å²) >= 11 is 0. The average Bonchev–Trinajstić information content (AvgIpc) is 2.69. The molecule has 0 unspecified atom stereocenters. The van der Waals surface area contributed by atoms with Crippen LogP contribution in [0.3, 0.4) is 0 Å². The third-order valence-corrected chi connectivity index (χ3v) is 4.04. The Hall–Kier alpha value is -3.10. The molecule has 148 valence electrons. The van der Waals surface area contributed by atoms with Crippen LogP contribution < -0.4 is 10.6 Å². The van der Waals surface area contributed by atoms with Crippen LogP contribution in [0, 0.1) is 17.0 Å². The van der Waals surface area contributed by atoms with Gasteiger partial charge >= 0.3 is 0 Å². The number of benzene rings is 2. The maximum atomic E-state index is 10.9. The van der Waals surface area contributed by atoms with Crippen molar-refractivity contribution in [1.29, 1.82) is 0 Å². The fourth-order valence-electron chi connectivity index (χ4n) is 2.60. The second-order valence-corrected chi connectivity index (χ2v) is 6.30. The molecular formula is C20H24N4O4. The van der Waals surface area contributed by atoms with Gasteiger partial charge in [0.1, 0.15) is 5.75 Å². The van der Waals surface area contributed by atoms with Crippen molar-refractivity contribution in [2.75, 3.05) is 26.2 Å². The molecule has 28 heavy (non-hydrogen) atoms. The van der Waals surface area contributed by atoms with Crippen LogP contribution in [0.4, 0.5) is 5.69 Å². The first-order chi connectivity index (χ1) is 13.5. The van der Waals surface area contributed by atoms with Gasteiger partial charge in [-0.25, -0.2) is 0 Å². The van der Waals surface area contributed by atoms with E-state index in [1.54, 1.807) is 30.5 Å². The van der Waals surface area contributed by atoms with Gasteiger partial charge in [0.05, 0.1) is 17.0 Å². The van der Waals surface area contributed by atoms with Gasteiger partial charge in [-0.2, -0.15) is 0 Å². The normalized spacial score (nSPS) is 11.0. The Morgan fingerprint density at radius 1 is 1.11 bits per heavy atom. The zero-order valence-electron chi connectivity index (χ0n) is 15.7. The fraction of sp³-hybridized carbons (Fsp3) is 0.300. The maximum absolute atomic E-state index is 10.9. The Bertz CT molecular complexity index is 835. The molecule has 8 nitrogen and oxygen atoms in total. The highest BCUT2D eigenvalue weighted by Gasteiger charge is 2.06. The molecule has 0 heterocycles. The lowest BCUT2D eigenvalue weighted by Crippen LogP contribution is -2.28. The molecule has 0 fully saturated rings. The van der Waals surface area contributed by atoms with Gasteiger partial charge in [0.25, 0.3) is 5.69 Å². The number of aldehydes is 1. The van der Waals surface area contributed by atoms with Crippen molar-refractivity contribution < 1.29 is 14.8 Å². The summed E-state index contributed by atoms with van der Waals surface area (Å²) in [5.41, 5.74) is 2.76. The molecule has 2 aromatic carbocycles. The predicted molar refractivity (Wildman–Crippen MR) is 108 cm³/mol. The molecule has 0 aliphatic heterocycles. The molecule has 0 aliphatic carbocycles. The number of non-ortho nitro benzene ring substituents is 1. The number of aliphatic imine (C=N–C) groups is 1. The summed E-state index contributed by atoms with van der Waals surface area (Å²) in [6.45, 7) is 5.24. The van der Waals surface area contributed by atoms with Gasteiger partial charge in [-0.1, -0.05) is 12.1 Å². The van der Waals surface area contributed by atoms with Gasteiger partial charge in [0, 0.05) is 50.1 Å². The van der Waals surface area contributed by atoms with Crippen molar-refractivity contribution in [2.24, 2.45) is 4.99 Å². The molecule has 0 aliphatic rings. The van der Waals surface area contributed by atoms with Gasteiger partial charge in [-0.15, -0.1) is 0 Å². The minimum atomic E-state index is -0.412. The van der Waals surface area contributed by atoms with Crippen molar-refractivity contribution in [1.82, 2.24) is 10.6 Å². The van der Waals surface area contributed by atoms with Crippen LogP contribution in [-0.4, -0.2) is 48.7 Å². The Labute approximate surface area is 163 Å². The number of hydrogen-bond donors (Lipinski definition) is 3. The molecule has 0 atom stereocenters. The number of aryl methyl sites for hydroxylation is 1. The largest absolute Gasteiger partial charge is 0.507 e. The first-order valence-electron chi connectivity index (χ1n) is 8.94. The van der Waals surface area contributed by atoms with E-state index in [4.69, 9.17) is 0 Å². The van der Waals surface area contributed by atoms with E-state index >= 15 is 0 Å². The summed E-state index contributed by atoms with van der Waals surface area (Å²) in [6, 6.07) is 9.88. The Morgan fingerprint density at radius 3 is 2.46 bits per heavy atom. The molecule has 3 N–H and O–H groups in total. The van der Waals surface area contributed by atoms with E-state index in [0.29, 0.717) is 31.5 Å². The number of hydrogen-bond acceptors (Lipinski definition) is 7. The van der Waals surface area contributed by atoms with Crippen molar-refractivity contribution in [2.45, 2.75) is 13.5 Å². The van der Waals surface area contributed by atoms with Gasteiger partial charge in [-0.05, 0) is 30.2 Å². The van der Waals surface area contributed by atoms with Crippen LogP contribution in [0.15, 0.2) is 41.4 Å². The van der Waals surface area contributed by atoms with E-state index in [2.05, 4.69) is 15.6 Å². The second kappa shape index (κ2) is 10.9. The number of nitrogens with zero attached hydrogens (tertiary/aromatic N) is 2. The Kier molecular flexibility index (Phi) is 8.26. The van der Waals surface area contributed by atoms with Crippen LogP contribution >= 0.6 is 0 Å². The standard InChI is InChI=1S/C20H24N4O4/c1-15-10-17(20(26)18(11-15)14-25)13-23-9-7-21-6-8-22-12-16-2-4-19(5-3-16)24(27)28/h2-5,10-11,13-14,21-22,26H,6-9,12H2,1H3. The topological polar surface area (TPSA) is 117 Å². The van der Waals surface area contributed by atoms with E-state index < -0.39 is 4.92 Å². The third-order valence-electron chi connectivity index (χ3n) is 4.04. The second-order valence-electron chi connectivity index (χ2n) is 6.30. The minimum absolute atomic E-state index is 0.0484. The molecule has 0 spiro atoms. The molecule has 0 aromatic heterocycles. The molecule has 2 rings (SSSR count). The molecule has 0 saturated carbocycles. The summed E-state index contributed by atoms with van der Waals surface area (Å²) in [6.07, 6.45) is 2.20. The lowest BCUT2D eigenvalue weighted by atomic mass is 10.1. The summed E-state index contributed by atoms with van der Waals surface area (Å²) in [5, 5.41) is 27.1. The zero-order valence-corrected chi connectivity index (χ0v) is 15.7. The van der Waals surface area contributed by atoms with E-state index in [-0.39, 0.29) is 17.0 Å². The van der Waals surface area contributed by atoms with Crippen LogP contribution in [-0.2, 0) is 6.54 Å². The highest BCUT2D eigenvalue weighted by atomic mass is 16.6. The van der Waals surface area contributed by atoms with Gasteiger partial charge < -0.3 is 15.7 Å². The van der Waals surface area contributed by atoms with E-state index in [0.717, 1.165) is 24.2 Å². The van der Waals surface area contributed by atoms with Crippen molar-refractivity contribution >= 4 is 18.2 Å². The number of phenolic OH excluding ortho intramolecular Hbond substituents is 1. The fourth-order valence-corrected chi connectivity index (χ4v) is 2.60. The molecule has 8 heteroatoms. The number of carbonyl (C=O) groups is 1. The molecular weight excluding hydrogens is 360 g/mol. The minimum Gasteiger partial charge on any atom is -0.507 e. The van der Waals surface area contributed by atoms with Crippen molar-refractivity contribution in [3.63, 3.8) is 0 Å². The first-order valence-corrected chi connectivity index (χ1v) is 8.94. The van der Waals surface area contributed by atoms with Gasteiger partial charge in [0.2, 0.25) is 0 Å². The number of nitrogens with one attached hydrogen (secondary N) is 2. The van der Waals surface area contributed by atoms with Crippen LogP contribution in [0.5, 0.6) is 5.75 Å². The number of carbonyl (C=O) groups excluding carboxylic acids is 1. The SMILES string of the molecule is Cc1cc(C=O)c(O)c(C=NCCNCCNCc2ccc([N+](=O)[O-])cc2)c1. The van der Waals surface area contributed by atoms with Crippen LogP contribution in [0.2, 0.25) is 0 Å². The summed E-state index contributed by atoms with van der Waals surface area (Å²) in [4.78, 5) is 25.4. The van der Waals surface area contributed by atoms with Gasteiger partial charge in [0.15, 0.2) is 6.29 Å². The van der Waals surface area contributed by atoms with Crippen LogP contribution in [0.25, 0.3) is 0 Å².